The molecule has 3 aromatic carbocycles. The lowest BCUT2D eigenvalue weighted by atomic mass is 10.1. The number of carbonyl (C=O) groups excluding carboxylic acids is 2. The molecule has 0 radical (unpaired) electrons. The van der Waals surface area contributed by atoms with Crippen LogP contribution < -0.4 is 10.6 Å². The minimum Gasteiger partial charge on any atom is -0.343 e. The zero-order valence-corrected chi connectivity index (χ0v) is 18.3. The van der Waals surface area contributed by atoms with Gasteiger partial charge in [-0.3, -0.25) is 9.59 Å². The summed E-state index contributed by atoms with van der Waals surface area (Å²) >= 11 is 0. The van der Waals surface area contributed by atoms with Gasteiger partial charge in [-0.2, -0.15) is 5.10 Å². The Morgan fingerprint density at radius 1 is 0.939 bits per heavy atom. The second-order valence-corrected chi connectivity index (χ2v) is 7.72. The number of nitrogens with one attached hydrogen (secondary N) is 2. The standard InChI is InChI=1S/C26H23FN4O2/c1-17-8-13-23(18(2)14-17)31-24(15-22(30-31)19-6-4-3-5-7-19)29-25(32)16-28-26(33)20-9-11-21(27)12-10-20/h3-15H,16H2,1-2H3,(H,28,33)(H,29,32). The van der Waals surface area contributed by atoms with Gasteiger partial charge < -0.3 is 10.6 Å². The highest BCUT2D eigenvalue weighted by atomic mass is 19.1. The maximum absolute atomic E-state index is 13.1. The smallest absolute Gasteiger partial charge is 0.251 e. The van der Waals surface area contributed by atoms with Gasteiger partial charge in [0.25, 0.3) is 5.91 Å². The second kappa shape index (κ2) is 9.48. The molecule has 0 unspecified atom stereocenters. The Hall–Kier alpha value is -4.26. The third kappa shape index (κ3) is 5.15. The number of carbonyl (C=O) groups is 2. The topological polar surface area (TPSA) is 76.0 Å². The normalized spacial score (nSPS) is 10.6. The average molecular weight is 442 g/mol. The van der Waals surface area contributed by atoms with E-state index < -0.39 is 17.6 Å². The molecule has 1 heterocycles. The largest absolute Gasteiger partial charge is 0.343 e. The van der Waals surface area contributed by atoms with Crippen LogP contribution in [0.5, 0.6) is 0 Å². The molecule has 7 heteroatoms. The predicted octanol–water partition coefficient (Wildman–Crippen LogP) is 4.66. The van der Waals surface area contributed by atoms with Crippen molar-refractivity contribution in [2.45, 2.75) is 13.8 Å². The molecule has 166 valence electrons. The number of amides is 2. The van der Waals surface area contributed by atoms with Gasteiger partial charge in [0.05, 0.1) is 17.9 Å². The molecule has 0 fully saturated rings. The van der Waals surface area contributed by atoms with Gasteiger partial charge in [-0.25, -0.2) is 9.07 Å². The minimum absolute atomic E-state index is 0.241. The molecule has 0 aliphatic rings. The molecule has 0 bridgehead atoms. The molecule has 4 rings (SSSR count). The van der Waals surface area contributed by atoms with Crippen molar-refractivity contribution in [2.75, 3.05) is 11.9 Å². The van der Waals surface area contributed by atoms with Crippen molar-refractivity contribution in [3.8, 4) is 16.9 Å². The highest BCUT2D eigenvalue weighted by Gasteiger charge is 2.16. The molecule has 0 saturated carbocycles. The van der Waals surface area contributed by atoms with E-state index in [0.717, 1.165) is 22.4 Å². The SMILES string of the molecule is Cc1ccc(-n2nc(-c3ccccc3)cc2NC(=O)CNC(=O)c2ccc(F)cc2)c(C)c1. The maximum atomic E-state index is 13.1. The molecule has 0 saturated heterocycles. The van der Waals surface area contributed by atoms with Gasteiger partial charge in [0.1, 0.15) is 11.6 Å². The van der Waals surface area contributed by atoms with E-state index >= 15 is 0 Å². The summed E-state index contributed by atoms with van der Waals surface area (Å²) in [4.78, 5) is 24.9. The number of hydrogen-bond acceptors (Lipinski definition) is 3. The summed E-state index contributed by atoms with van der Waals surface area (Å²) in [6.07, 6.45) is 0. The molecule has 0 aliphatic heterocycles. The first-order valence-electron chi connectivity index (χ1n) is 10.5. The Kier molecular flexibility index (Phi) is 6.31. The van der Waals surface area contributed by atoms with Crippen LogP contribution in [0.15, 0.2) is 78.9 Å². The van der Waals surface area contributed by atoms with Crippen molar-refractivity contribution in [3.05, 3.63) is 101 Å². The lowest BCUT2D eigenvalue weighted by Gasteiger charge is -2.12. The van der Waals surface area contributed by atoms with Gasteiger partial charge in [0.15, 0.2) is 0 Å². The van der Waals surface area contributed by atoms with E-state index in [9.17, 15) is 14.0 Å². The zero-order valence-electron chi connectivity index (χ0n) is 18.3. The van der Waals surface area contributed by atoms with Crippen LogP contribution in [0.2, 0.25) is 0 Å². The van der Waals surface area contributed by atoms with Crippen LogP contribution in [0.3, 0.4) is 0 Å². The highest BCUT2D eigenvalue weighted by molar-refractivity contribution is 5.99. The van der Waals surface area contributed by atoms with Crippen molar-refractivity contribution in [1.82, 2.24) is 15.1 Å². The number of rotatable bonds is 6. The fourth-order valence-corrected chi connectivity index (χ4v) is 3.50. The van der Waals surface area contributed by atoms with Crippen molar-refractivity contribution in [3.63, 3.8) is 0 Å². The predicted molar refractivity (Wildman–Crippen MR) is 126 cm³/mol. The summed E-state index contributed by atoms with van der Waals surface area (Å²) in [7, 11) is 0. The van der Waals surface area contributed by atoms with Crippen LogP contribution in [0, 0.1) is 19.7 Å². The van der Waals surface area contributed by atoms with Gasteiger partial charge in [-0.1, -0.05) is 48.0 Å². The van der Waals surface area contributed by atoms with Gasteiger partial charge in [-0.05, 0) is 49.7 Å². The van der Waals surface area contributed by atoms with Crippen molar-refractivity contribution < 1.29 is 14.0 Å². The second-order valence-electron chi connectivity index (χ2n) is 7.72. The fourth-order valence-electron chi connectivity index (χ4n) is 3.50. The summed E-state index contributed by atoms with van der Waals surface area (Å²) < 4.78 is 14.7. The van der Waals surface area contributed by atoms with Crippen molar-refractivity contribution in [1.29, 1.82) is 0 Å². The number of hydrogen-bond donors (Lipinski definition) is 2. The summed E-state index contributed by atoms with van der Waals surface area (Å²) in [6.45, 7) is 3.76. The summed E-state index contributed by atoms with van der Waals surface area (Å²) in [5.41, 5.74) is 4.88. The first-order valence-corrected chi connectivity index (χ1v) is 10.5. The van der Waals surface area contributed by atoms with Gasteiger partial charge >= 0.3 is 0 Å². The van der Waals surface area contributed by atoms with E-state index in [0.29, 0.717) is 11.5 Å². The zero-order chi connectivity index (χ0) is 23.4. The first kappa shape index (κ1) is 22.0. The third-order valence-electron chi connectivity index (χ3n) is 5.14. The van der Waals surface area contributed by atoms with Crippen LogP contribution in [0.1, 0.15) is 21.5 Å². The molecule has 0 spiro atoms. The van der Waals surface area contributed by atoms with Crippen LogP contribution >= 0.6 is 0 Å². The number of aromatic nitrogens is 2. The van der Waals surface area contributed by atoms with Crippen molar-refractivity contribution >= 4 is 17.6 Å². The molecule has 1 aromatic heterocycles. The Morgan fingerprint density at radius 2 is 1.67 bits per heavy atom. The number of benzene rings is 3. The molecular formula is C26H23FN4O2. The van der Waals surface area contributed by atoms with Gasteiger partial charge in [0.2, 0.25) is 5.91 Å². The number of anilines is 1. The van der Waals surface area contributed by atoms with E-state index in [1.54, 1.807) is 10.7 Å². The summed E-state index contributed by atoms with van der Waals surface area (Å²) in [5, 5.41) is 10.1. The number of nitrogens with zero attached hydrogens (tertiary/aromatic N) is 2. The Balaban J connectivity index is 1.56. The quantitative estimate of drug-likeness (QED) is 0.456. The van der Waals surface area contributed by atoms with E-state index in [4.69, 9.17) is 5.10 Å². The molecule has 2 amide bonds. The molecule has 33 heavy (non-hydrogen) atoms. The van der Waals surface area contributed by atoms with Gasteiger partial charge in [-0.15, -0.1) is 0 Å². The lowest BCUT2D eigenvalue weighted by Crippen LogP contribution is -2.33. The molecule has 0 aliphatic carbocycles. The maximum Gasteiger partial charge on any atom is 0.251 e. The Morgan fingerprint density at radius 3 is 2.36 bits per heavy atom. The first-order chi connectivity index (χ1) is 15.9. The summed E-state index contributed by atoms with van der Waals surface area (Å²) in [6, 6.07) is 22.6. The lowest BCUT2D eigenvalue weighted by molar-refractivity contribution is -0.115. The fraction of sp³-hybridized carbons (Fsp3) is 0.115. The molecular weight excluding hydrogens is 419 g/mol. The molecule has 2 N–H and O–H groups in total. The Labute approximate surface area is 191 Å². The Bertz CT molecular complexity index is 1300. The van der Waals surface area contributed by atoms with Gasteiger partial charge in [0, 0.05) is 17.2 Å². The summed E-state index contributed by atoms with van der Waals surface area (Å²) in [5.74, 6) is -0.811. The third-order valence-corrected chi connectivity index (χ3v) is 5.14. The molecule has 6 nitrogen and oxygen atoms in total. The highest BCUT2D eigenvalue weighted by Crippen LogP contribution is 2.26. The van der Waals surface area contributed by atoms with Crippen LogP contribution in [0.4, 0.5) is 10.2 Å². The number of aryl methyl sites for hydroxylation is 2. The minimum atomic E-state index is -0.460. The van der Waals surface area contributed by atoms with Crippen LogP contribution in [-0.4, -0.2) is 28.1 Å². The van der Waals surface area contributed by atoms with E-state index in [1.165, 1.54) is 24.3 Å². The monoisotopic (exact) mass is 442 g/mol. The molecule has 4 aromatic rings. The number of halogens is 1. The van der Waals surface area contributed by atoms with Crippen LogP contribution in [0.25, 0.3) is 16.9 Å². The van der Waals surface area contributed by atoms with E-state index in [2.05, 4.69) is 10.6 Å². The average Bonchev–Trinajstić information content (AvgIpc) is 3.22. The van der Waals surface area contributed by atoms with E-state index in [1.807, 2.05) is 62.4 Å². The molecule has 0 atom stereocenters. The van der Waals surface area contributed by atoms with Crippen LogP contribution in [-0.2, 0) is 4.79 Å². The van der Waals surface area contributed by atoms with Crippen molar-refractivity contribution in [2.24, 2.45) is 0 Å². The van der Waals surface area contributed by atoms with E-state index in [-0.39, 0.29) is 12.1 Å².